The second kappa shape index (κ2) is 4.63. The molecule has 3 rings (SSSR count). The van der Waals surface area contributed by atoms with E-state index in [1.54, 1.807) is 30.3 Å². The number of H-pyrrole nitrogens is 1. The number of hydrogen-bond acceptors (Lipinski definition) is 1. The van der Waals surface area contributed by atoms with E-state index in [0.29, 0.717) is 10.9 Å². The standard InChI is InChI=1S/C16H12F3NO/c17-16(18,19)15(21,11-6-2-1-3-7-11)13-10-20-14-9-5-4-8-12(13)14/h1-10,20-21H. The van der Waals surface area contributed by atoms with Crippen LogP contribution in [0.3, 0.4) is 0 Å². The minimum Gasteiger partial charge on any atom is -0.372 e. The number of aromatic amines is 1. The van der Waals surface area contributed by atoms with Crippen LogP contribution < -0.4 is 0 Å². The number of hydrogen-bond donors (Lipinski definition) is 2. The Labute approximate surface area is 118 Å². The van der Waals surface area contributed by atoms with Gasteiger partial charge >= 0.3 is 6.18 Å². The summed E-state index contributed by atoms with van der Waals surface area (Å²) < 4.78 is 40.9. The number of rotatable bonds is 2. The molecule has 108 valence electrons. The predicted molar refractivity (Wildman–Crippen MR) is 73.8 cm³/mol. The molecule has 0 spiro atoms. The molecule has 2 N–H and O–H groups in total. The zero-order valence-corrected chi connectivity index (χ0v) is 10.9. The molecule has 21 heavy (non-hydrogen) atoms. The van der Waals surface area contributed by atoms with Crippen LogP contribution in [0.5, 0.6) is 0 Å². The highest BCUT2D eigenvalue weighted by molar-refractivity contribution is 5.84. The number of halogens is 3. The van der Waals surface area contributed by atoms with Gasteiger partial charge in [0.1, 0.15) is 0 Å². The lowest BCUT2D eigenvalue weighted by atomic mass is 9.85. The lowest BCUT2D eigenvalue weighted by molar-refractivity contribution is -0.247. The second-order valence-electron chi connectivity index (χ2n) is 4.82. The predicted octanol–water partition coefficient (Wildman–Crippen LogP) is 3.97. The Morgan fingerprint density at radius 3 is 2.14 bits per heavy atom. The van der Waals surface area contributed by atoms with E-state index in [9.17, 15) is 18.3 Å². The third-order valence-electron chi connectivity index (χ3n) is 3.58. The van der Waals surface area contributed by atoms with Crippen molar-refractivity contribution in [2.45, 2.75) is 11.8 Å². The van der Waals surface area contributed by atoms with Crippen molar-refractivity contribution in [3.63, 3.8) is 0 Å². The Hall–Kier alpha value is -2.27. The van der Waals surface area contributed by atoms with Gasteiger partial charge in [-0.1, -0.05) is 48.5 Å². The fraction of sp³-hybridized carbons (Fsp3) is 0.125. The van der Waals surface area contributed by atoms with Gasteiger partial charge in [-0.05, 0) is 11.6 Å². The molecule has 1 atom stereocenters. The summed E-state index contributed by atoms with van der Waals surface area (Å²) in [7, 11) is 0. The summed E-state index contributed by atoms with van der Waals surface area (Å²) in [4.78, 5) is 2.78. The first-order chi connectivity index (χ1) is 9.94. The first-order valence-electron chi connectivity index (χ1n) is 6.36. The largest absolute Gasteiger partial charge is 0.425 e. The van der Waals surface area contributed by atoms with E-state index in [-0.39, 0.29) is 11.1 Å². The SMILES string of the molecule is OC(c1ccccc1)(c1c[nH]c2ccccc12)C(F)(F)F. The molecule has 0 aliphatic rings. The molecular formula is C16H12F3NO. The molecule has 2 nitrogen and oxygen atoms in total. The molecule has 1 aromatic heterocycles. The molecular weight excluding hydrogens is 279 g/mol. The number of fused-ring (bicyclic) bond motifs is 1. The monoisotopic (exact) mass is 291 g/mol. The molecule has 0 aliphatic heterocycles. The minimum atomic E-state index is -4.83. The van der Waals surface area contributed by atoms with Crippen molar-refractivity contribution in [2.75, 3.05) is 0 Å². The number of benzene rings is 2. The number of para-hydroxylation sites is 1. The maximum Gasteiger partial charge on any atom is 0.425 e. The Morgan fingerprint density at radius 1 is 0.857 bits per heavy atom. The molecule has 3 aromatic rings. The minimum absolute atomic E-state index is 0.197. The number of alkyl halides is 3. The van der Waals surface area contributed by atoms with Crippen LogP contribution in [-0.4, -0.2) is 16.3 Å². The summed E-state index contributed by atoms with van der Waals surface area (Å²) >= 11 is 0. The lowest BCUT2D eigenvalue weighted by Gasteiger charge is -2.31. The maximum absolute atomic E-state index is 13.6. The Bertz CT molecular complexity index is 764. The third-order valence-corrected chi connectivity index (χ3v) is 3.58. The highest BCUT2D eigenvalue weighted by Gasteiger charge is 2.57. The van der Waals surface area contributed by atoms with Crippen LogP contribution in [0.15, 0.2) is 60.8 Å². The molecule has 1 unspecified atom stereocenters. The van der Waals surface area contributed by atoms with Crippen LogP contribution in [0, 0.1) is 0 Å². The fourth-order valence-corrected chi connectivity index (χ4v) is 2.52. The summed E-state index contributed by atoms with van der Waals surface area (Å²) in [5.41, 5.74) is -2.90. The summed E-state index contributed by atoms with van der Waals surface area (Å²) in [5.74, 6) is 0. The zero-order valence-electron chi connectivity index (χ0n) is 10.9. The summed E-state index contributed by atoms with van der Waals surface area (Å²) in [6.07, 6.45) is -3.62. The van der Waals surface area contributed by atoms with Crippen molar-refractivity contribution in [1.82, 2.24) is 4.98 Å². The van der Waals surface area contributed by atoms with Crippen LogP contribution >= 0.6 is 0 Å². The van der Waals surface area contributed by atoms with Crippen LogP contribution in [-0.2, 0) is 5.60 Å². The van der Waals surface area contributed by atoms with E-state index in [2.05, 4.69) is 4.98 Å². The first-order valence-corrected chi connectivity index (χ1v) is 6.36. The average molecular weight is 291 g/mol. The molecule has 0 saturated heterocycles. The van der Waals surface area contributed by atoms with Crippen molar-refractivity contribution in [3.05, 3.63) is 71.9 Å². The zero-order chi connectivity index (χ0) is 15.1. The Balaban J connectivity index is 2.31. The van der Waals surface area contributed by atoms with Gasteiger partial charge in [-0.2, -0.15) is 13.2 Å². The van der Waals surface area contributed by atoms with Crippen molar-refractivity contribution < 1.29 is 18.3 Å². The van der Waals surface area contributed by atoms with E-state index in [4.69, 9.17) is 0 Å². The van der Waals surface area contributed by atoms with Gasteiger partial charge in [-0.15, -0.1) is 0 Å². The molecule has 0 fully saturated rings. The number of nitrogens with one attached hydrogen (secondary N) is 1. The van der Waals surface area contributed by atoms with Gasteiger partial charge < -0.3 is 10.1 Å². The van der Waals surface area contributed by atoms with Gasteiger partial charge in [0.15, 0.2) is 0 Å². The molecule has 0 radical (unpaired) electrons. The van der Waals surface area contributed by atoms with E-state index < -0.39 is 11.8 Å². The first kappa shape index (κ1) is 13.7. The highest BCUT2D eigenvalue weighted by atomic mass is 19.4. The van der Waals surface area contributed by atoms with Crippen molar-refractivity contribution >= 4 is 10.9 Å². The molecule has 0 amide bonds. The van der Waals surface area contributed by atoms with Crippen molar-refractivity contribution in [1.29, 1.82) is 0 Å². The van der Waals surface area contributed by atoms with Crippen LogP contribution in [0.4, 0.5) is 13.2 Å². The molecule has 0 saturated carbocycles. The Kier molecular flexibility index (Phi) is 3.02. The van der Waals surface area contributed by atoms with E-state index in [1.807, 2.05) is 0 Å². The molecule has 5 heteroatoms. The Morgan fingerprint density at radius 2 is 1.48 bits per heavy atom. The van der Waals surface area contributed by atoms with Crippen molar-refractivity contribution in [2.24, 2.45) is 0 Å². The summed E-state index contributed by atoms with van der Waals surface area (Å²) in [5, 5.41) is 10.9. The van der Waals surface area contributed by atoms with Gasteiger partial charge in [0.25, 0.3) is 0 Å². The topological polar surface area (TPSA) is 36.0 Å². The normalized spacial score (nSPS) is 15.0. The fourth-order valence-electron chi connectivity index (χ4n) is 2.52. The number of aromatic nitrogens is 1. The molecule has 1 heterocycles. The highest BCUT2D eigenvalue weighted by Crippen LogP contribution is 2.46. The second-order valence-corrected chi connectivity index (χ2v) is 4.82. The van der Waals surface area contributed by atoms with Crippen LogP contribution in [0.25, 0.3) is 10.9 Å². The summed E-state index contributed by atoms with van der Waals surface area (Å²) in [6.45, 7) is 0. The maximum atomic E-state index is 13.6. The smallest absolute Gasteiger partial charge is 0.372 e. The van der Waals surface area contributed by atoms with Crippen LogP contribution in [0.1, 0.15) is 11.1 Å². The quantitative estimate of drug-likeness (QED) is 0.736. The van der Waals surface area contributed by atoms with Crippen LogP contribution in [0.2, 0.25) is 0 Å². The van der Waals surface area contributed by atoms with E-state index in [1.165, 1.54) is 30.5 Å². The van der Waals surface area contributed by atoms with Crippen molar-refractivity contribution in [3.8, 4) is 0 Å². The summed E-state index contributed by atoms with van der Waals surface area (Å²) in [6, 6.07) is 13.7. The van der Waals surface area contributed by atoms with Gasteiger partial charge in [0.2, 0.25) is 5.60 Å². The van der Waals surface area contributed by atoms with Gasteiger partial charge in [-0.3, -0.25) is 0 Å². The average Bonchev–Trinajstić information content (AvgIpc) is 2.90. The van der Waals surface area contributed by atoms with E-state index in [0.717, 1.165) is 0 Å². The molecule has 0 aliphatic carbocycles. The van der Waals surface area contributed by atoms with Gasteiger partial charge in [-0.25, -0.2) is 0 Å². The van der Waals surface area contributed by atoms with Gasteiger partial charge in [0, 0.05) is 22.7 Å². The lowest BCUT2D eigenvalue weighted by Crippen LogP contribution is -2.43. The molecule has 2 aromatic carbocycles. The third kappa shape index (κ3) is 2.01. The number of aliphatic hydroxyl groups is 1. The molecule has 0 bridgehead atoms. The van der Waals surface area contributed by atoms with E-state index >= 15 is 0 Å². The van der Waals surface area contributed by atoms with Gasteiger partial charge in [0.05, 0.1) is 0 Å².